The molecule has 0 aromatic carbocycles. The third-order valence-corrected chi connectivity index (χ3v) is 3.93. The first-order valence-corrected chi connectivity index (χ1v) is 6.61. The van der Waals surface area contributed by atoms with Gasteiger partial charge in [-0.2, -0.15) is 0 Å². The quantitative estimate of drug-likeness (QED) is 0.862. The van der Waals surface area contributed by atoms with E-state index < -0.39 is 0 Å². The van der Waals surface area contributed by atoms with Crippen molar-refractivity contribution in [3.63, 3.8) is 0 Å². The molecule has 2 aliphatic rings. The highest BCUT2D eigenvalue weighted by Crippen LogP contribution is 2.25. The number of piperidine rings is 1. The van der Waals surface area contributed by atoms with E-state index in [2.05, 4.69) is 20.2 Å². The number of likely N-dealkylation sites (tertiary alicyclic amines) is 1. The van der Waals surface area contributed by atoms with Crippen molar-refractivity contribution in [2.45, 2.75) is 25.4 Å². The second-order valence-electron chi connectivity index (χ2n) is 4.99. The molecule has 0 aliphatic carbocycles. The molecule has 2 saturated heterocycles. The summed E-state index contributed by atoms with van der Waals surface area (Å²) in [5.74, 6) is 0.823. The fourth-order valence-electron chi connectivity index (χ4n) is 2.91. The van der Waals surface area contributed by atoms with Gasteiger partial charge in [-0.05, 0) is 25.3 Å². The maximum atomic E-state index is 5.73. The molecule has 0 radical (unpaired) electrons. The standard InChI is InChI=1S/C12H17ClN4/c13-12-5-15-10(4-16-12)7-17-6-9-2-1-3-14-11(9)8-17/h4-5,9,11,14H,1-3,6-8H2. The van der Waals surface area contributed by atoms with Crippen molar-refractivity contribution in [3.05, 3.63) is 23.2 Å². The Morgan fingerprint density at radius 3 is 3.06 bits per heavy atom. The van der Waals surface area contributed by atoms with E-state index in [1.165, 1.54) is 25.9 Å². The van der Waals surface area contributed by atoms with E-state index in [9.17, 15) is 0 Å². The van der Waals surface area contributed by atoms with Crippen LogP contribution in [0.3, 0.4) is 0 Å². The molecule has 5 heteroatoms. The summed E-state index contributed by atoms with van der Waals surface area (Å²) in [5, 5.41) is 4.07. The second-order valence-corrected chi connectivity index (χ2v) is 5.37. The summed E-state index contributed by atoms with van der Waals surface area (Å²) in [5.41, 5.74) is 1.01. The van der Waals surface area contributed by atoms with Crippen LogP contribution in [-0.4, -0.2) is 40.5 Å². The van der Waals surface area contributed by atoms with Gasteiger partial charge in [-0.15, -0.1) is 0 Å². The smallest absolute Gasteiger partial charge is 0.147 e. The lowest BCUT2D eigenvalue weighted by Gasteiger charge is -2.24. The van der Waals surface area contributed by atoms with Crippen LogP contribution in [0.25, 0.3) is 0 Å². The van der Waals surface area contributed by atoms with Gasteiger partial charge < -0.3 is 5.32 Å². The summed E-state index contributed by atoms with van der Waals surface area (Å²) in [6.07, 6.45) is 6.08. The lowest BCUT2D eigenvalue weighted by molar-refractivity contribution is 0.309. The summed E-state index contributed by atoms with van der Waals surface area (Å²) in [4.78, 5) is 10.8. The molecule has 3 rings (SSSR count). The van der Waals surface area contributed by atoms with E-state index in [4.69, 9.17) is 11.6 Å². The summed E-state index contributed by atoms with van der Waals surface area (Å²) in [7, 11) is 0. The van der Waals surface area contributed by atoms with Gasteiger partial charge in [0.2, 0.25) is 0 Å². The Morgan fingerprint density at radius 2 is 2.29 bits per heavy atom. The third-order valence-electron chi connectivity index (χ3n) is 3.73. The van der Waals surface area contributed by atoms with Crippen LogP contribution in [0.4, 0.5) is 0 Å². The van der Waals surface area contributed by atoms with Crippen molar-refractivity contribution in [1.82, 2.24) is 20.2 Å². The van der Waals surface area contributed by atoms with Crippen LogP contribution in [-0.2, 0) is 6.54 Å². The predicted molar refractivity (Wildman–Crippen MR) is 66.8 cm³/mol. The van der Waals surface area contributed by atoms with Crippen LogP contribution in [0.1, 0.15) is 18.5 Å². The molecule has 0 amide bonds. The topological polar surface area (TPSA) is 41.1 Å². The van der Waals surface area contributed by atoms with E-state index in [-0.39, 0.29) is 0 Å². The zero-order valence-electron chi connectivity index (χ0n) is 9.77. The summed E-state index contributed by atoms with van der Waals surface area (Å²) in [6, 6.07) is 0.684. The fraction of sp³-hybridized carbons (Fsp3) is 0.667. The fourth-order valence-corrected chi connectivity index (χ4v) is 3.01. The summed E-state index contributed by atoms with van der Waals surface area (Å²) < 4.78 is 0. The van der Waals surface area contributed by atoms with Crippen LogP contribution in [0.15, 0.2) is 12.4 Å². The average Bonchev–Trinajstić information content (AvgIpc) is 2.74. The lowest BCUT2D eigenvalue weighted by Crippen LogP contribution is -2.40. The Bertz CT molecular complexity index is 367. The second kappa shape index (κ2) is 4.88. The van der Waals surface area contributed by atoms with Gasteiger partial charge in [0.15, 0.2) is 0 Å². The number of fused-ring (bicyclic) bond motifs is 1. The van der Waals surface area contributed by atoms with Crippen LogP contribution in [0, 0.1) is 5.92 Å². The molecule has 92 valence electrons. The molecule has 1 N–H and O–H groups in total. The number of halogens is 1. The van der Waals surface area contributed by atoms with Crippen molar-refractivity contribution in [2.75, 3.05) is 19.6 Å². The zero-order chi connectivity index (χ0) is 11.7. The van der Waals surface area contributed by atoms with Crippen molar-refractivity contribution in [1.29, 1.82) is 0 Å². The summed E-state index contributed by atoms with van der Waals surface area (Å²) >= 11 is 5.73. The number of aromatic nitrogens is 2. The van der Waals surface area contributed by atoms with Crippen LogP contribution >= 0.6 is 11.6 Å². The monoisotopic (exact) mass is 252 g/mol. The van der Waals surface area contributed by atoms with Crippen LogP contribution in [0.2, 0.25) is 5.15 Å². The van der Waals surface area contributed by atoms with E-state index in [0.29, 0.717) is 11.2 Å². The molecule has 1 aromatic rings. The van der Waals surface area contributed by atoms with Crippen molar-refractivity contribution in [3.8, 4) is 0 Å². The van der Waals surface area contributed by atoms with Gasteiger partial charge in [-0.1, -0.05) is 11.6 Å². The van der Waals surface area contributed by atoms with E-state index in [0.717, 1.165) is 24.7 Å². The Kier molecular flexibility index (Phi) is 3.27. The number of hydrogen-bond acceptors (Lipinski definition) is 4. The molecule has 2 fully saturated rings. The van der Waals surface area contributed by atoms with Gasteiger partial charge >= 0.3 is 0 Å². The first-order valence-electron chi connectivity index (χ1n) is 6.23. The first kappa shape index (κ1) is 11.4. The number of hydrogen-bond donors (Lipinski definition) is 1. The minimum Gasteiger partial charge on any atom is -0.312 e. The Labute approximate surface area is 106 Å². The maximum Gasteiger partial charge on any atom is 0.147 e. The molecule has 2 unspecified atom stereocenters. The van der Waals surface area contributed by atoms with E-state index >= 15 is 0 Å². The molecule has 17 heavy (non-hydrogen) atoms. The molecule has 3 heterocycles. The van der Waals surface area contributed by atoms with Gasteiger partial charge in [0.05, 0.1) is 18.1 Å². The number of rotatable bonds is 2. The van der Waals surface area contributed by atoms with Gasteiger partial charge in [0, 0.05) is 25.7 Å². The van der Waals surface area contributed by atoms with Crippen LogP contribution < -0.4 is 5.32 Å². The first-order chi connectivity index (χ1) is 8.31. The Hall–Kier alpha value is -0.710. The molecule has 0 spiro atoms. The molecule has 2 atom stereocenters. The molecular weight excluding hydrogens is 236 g/mol. The highest BCUT2D eigenvalue weighted by atomic mass is 35.5. The molecular formula is C12H17ClN4. The molecule has 4 nitrogen and oxygen atoms in total. The predicted octanol–water partition coefficient (Wildman–Crippen LogP) is 1.31. The van der Waals surface area contributed by atoms with Gasteiger partial charge in [-0.25, -0.2) is 4.98 Å². The van der Waals surface area contributed by atoms with E-state index in [1.54, 1.807) is 12.4 Å². The van der Waals surface area contributed by atoms with Gasteiger partial charge in [0.25, 0.3) is 0 Å². The molecule has 0 bridgehead atoms. The Balaban J connectivity index is 1.61. The number of nitrogens with zero attached hydrogens (tertiary/aromatic N) is 3. The van der Waals surface area contributed by atoms with Crippen molar-refractivity contribution in [2.24, 2.45) is 5.92 Å². The Morgan fingerprint density at radius 1 is 1.35 bits per heavy atom. The lowest BCUT2D eigenvalue weighted by atomic mass is 9.94. The molecule has 2 aliphatic heterocycles. The summed E-state index contributed by atoms with van der Waals surface area (Å²) in [6.45, 7) is 4.38. The zero-order valence-corrected chi connectivity index (χ0v) is 10.5. The maximum absolute atomic E-state index is 5.73. The average molecular weight is 253 g/mol. The van der Waals surface area contributed by atoms with Crippen molar-refractivity contribution < 1.29 is 0 Å². The van der Waals surface area contributed by atoms with Gasteiger partial charge in [-0.3, -0.25) is 9.88 Å². The molecule has 0 saturated carbocycles. The van der Waals surface area contributed by atoms with Crippen LogP contribution in [0.5, 0.6) is 0 Å². The minimum absolute atomic E-state index is 0.463. The highest BCUT2D eigenvalue weighted by Gasteiger charge is 2.33. The van der Waals surface area contributed by atoms with Crippen molar-refractivity contribution >= 4 is 11.6 Å². The largest absolute Gasteiger partial charge is 0.312 e. The normalized spacial score (nSPS) is 29.2. The minimum atomic E-state index is 0.463. The third kappa shape index (κ3) is 2.59. The highest BCUT2D eigenvalue weighted by molar-refractivity contribution is 6.29. The SMILES string of the molecule is Clc1cnc(CN2CC3CCCNC3C2)cn1. The van der Waals surface area contributed by atoms with Gasteiger partial charge in [0.1, 0.15) is 5.15 Å². The number of nitrogens with one attached hydrogen (secondary N) is 1. The van der Waals surface area contributed by atoms with E-state index in [1.807, 2.05) is 0 Å². The molecule has 1 aromatic heterocycles.